The molecule has 171 valence electrons. The number of allylic oxidation sites excluding steroid dienone is 9. The third kappa shape index (κ3) is 26.7. The molecule has 0 amide bonds. The molecule has 0 aromatic rings. The first-order valence-corrected chi connectivity index (χ1v) is 13.1. The van der Waals surface area contributed by atoms with Crippen LogP contribution in [0, 0.1) is 6.58 Å². The van der Waals surface area contributed by atoms with Crippen LogP contribution in [-0.2, 0) is 0 Å². The molecule has 0 saturated carbocycles. The summed E-state index contributed by atoms with van der Waals surface area (Å²) in [7, 11) is 0. The van der Waals surface area contributed by atoms with Gasteiger partial charge < -0.3 is 0 Å². The Kier molecular flexibility index (Phi) is 26.5. The van der Waals surface area contributed by atoms with Gasteiger partial charge in [-0.05, 0) is 12.8 Å². The first kappa shape index (κ1) is 28.7. The van der Waals surface area contributed by atoms with Gasteiger partial charge in [0.1, 0.15) is 0 Å². The van der Waals surface area contributed by atoms with Crippen molar-refractivity contribution >= 4 is 0 Å². The minimum Gasteiger partial charge on any atom is -0.0845 e. The van der Waals surface area contributed by atoms with E-state index in [1.54, 1.807) is 0 Å². The molecule has 0 N–H and O–H groups in total. The lowest BCUT2D eigenvalue weighted by molar-refractivity contribution is 0.525. The van der Waals surface area contributed by atoms with Crippen LogP contribution in [0.2, 0.25) is 0 Å². The molecule has 0 aromatic carbocycles. The van der Waals surface area contributed by atoms with Crippen LogP contribution in [0.15, 0.2) is 54.7 Å². The molecule has 0 rings (SSSR count). The lowest BCUT2D eigenvalue weighted by atomic mass is 10.0. The molecule has 30 heavy (non-hydrogen) atoms. The van der Waals surface area contributed by atoms with Crippen molar-refractivity contribution < 1.29 is 0 Å². The van der Waals surface area contributed by atoms with Crippen molar-refractivity contribution in [1.82, 2.24) is 0 Å². The summed E-state index contributed by atoms with van der Waals surface area (Å²) in [5.41, 5.74) is 0. The third-order valence-electron chi connectivity index (χ3n) is 5.64. The Morgan fingerprint density at radius 3 is 1.13 bits per heavy atom. The van der Waals surface area contributed by atoms with E-state index in [0.717, 1.165) is 0 Å². The van der Waals surface area contributed by atoms with E-state index in [-0.39, 0.29) is 0 Å². The highest BCUT2D eigenvalue weighted by Gasteiger charge is 1.94. The molecule has 0 aliphatic carbocycles. The van der Waals surface area contributed by atoms with Crippen molar-refractivity contribution in [2.45, 2.75) is 129 Å². The average Bonchev–Trinajstić information content (AvgIpc) is 2.76. The zero-order chi connectivity index (χ0) is 21.8. The van der Waals surface area contributed by atoms with E-state index in [2.05, 4.69) is 25.2 Å². The monoisotopic (exact) mass is 411 g/mol. The first-order valence-electron chi connectivity index (χ1n) is 13.1. The van der Waals surface area contributed by atoms with E-state index in [0.29, 0.717) is 0 Å². The van der Waals surface area contributed by atoms with Crippen molar-refractivity contribution in [1.29, 1.82) is 0 Å². The second-order valence-electron chi connectivity index (χ2n) is 8.57. The molecule has 0 aromatic heterocycles. The van der Waals surface area contributed by atoms with E-state index in [1.165, 1.54) is 128 Å². The molecule has 0 unspecified atom stereocenters. The van der Waals surface area contributed by atoms with Crippen molar-refractivity contribution in [3.63, 3.8) is 0 Å². The number of hydrogen-bond donors (Lipinski definition) is 0. The van der Waals surface area contributed by atoms with Crippen LogP contribution >= 0.6 is 0 Å². The maximum atomic E-state index is 5.25. The summed E-state index contributed by atoms with van der Waals surface area (Å²) in [6.07, 6.45) is 44.9. The zero-order valence-corrected chi connectivity index (χ0v) is 20.2. The Morgan fingerprint density at radius 1 is 0.400 bits per heavy atom. The first-order chi connectivity index (χ1) is 14.9. The van der Waals surface area contributed by atoms with Crippen LogP contribution in [0.5, 0.6) is 0 Å². The van der Waals surface area contributed by atoms with Crippen LogP contribution in [0.25, 0.3) is 0 Å². The summed E-state index contributed by atoms with van der Waals surface area (Å²) in [4.78, 5) is 0. The van der Waals surface area contributed by atoms with E-state index < -0.39 is 0 Å². The standard InChI is InChI=1S/C30H51/c1-3-5-7-9-11-13-15-17-19-21-23-25-27-29-30-28-26-24-22-20-18-16-14-12-10-8-6-4-2/h1,3,5,7,9,11,13,15,17,19H,4,6,8,10,12,14,16,18,20-30H2,2H3. The van der Waals surface area contributed by atoms with Gasteiger partial charge in [0.25, 0.3) is 0 Å². The van der Waals surface area contributed by atoms with Crippen molar-refractivity contribution in [3.05, 3.63) is 61.3 Å². The Morgan fingerprint density at radius 2 is 0.733 bits per heavy atom. The molecule has 0 aliphatic rings. The largest absolute Gasteiger partial charge is 0.0845 e. The van der Waals surface area contributed by atoms with Gasteiger partial charge in [-0.3, -0.25) is 0 Å². The Bertz CT molecular complexity index is 435. The summed E-state index contributed by atoms with van der Waals surface area (Å²) in [5, 5.41) is 0. The molecule has 0 aliphatic heterocycles. The lowest BCUT2D eigenvalue weighted by Gasteiger charge is -2.03. The molecular weight excluding hydrogens is 360 g/mol. The van der Waals surface area contributed by atoms with Crippen LogP contribution in [0.1, 0.15) is 129 Å². The fourth-order valence-electron chi connectivity index (χ4n) is 3.72. The molecule has 0 heterocycles. The highest BCUT2D eigenvalue weighted by molar-refractivity contribution is 5.16. The van der Waals surface area contributed by atoms with E-state index in [1.807, 2.05) is 30.4 Å². The zero-order valence-electron chi connectivity index (χ0n) is 20.2. The fraction of sp³-hybridized carbons (Fsp3) is 0.667. The molecule has 0 atom stereocenters. The summed E-state index contributed by atoms with van der Waals surface area (Å²) in [6, 6.07) is 0. The van der Waals surface area contributed by atoms with Crippen LogP contribution in [0.4, 0.5) is 0 Å². The molecule has 1 radical (unpaired) electrons. The van der Waals surface area contributed by atoms with Crippen LogP contribution in [0.3, 0.4) is 0 Å². The highest BCUT2D eigenvalue weighted by Crippen LogP contribution is 2.14. The van der Waals surface area contributed by atoms with Gasteiger partial charge in [0.05, 0.1) is 0 Å². The maximum Gasteiger partial charge on any atom is -0.0348 e. The van der Waals surface area contributed by atoms with Gasteiger partial charge in [-0.15, -0.1) is 0 Å². The number of unbranched alkanes of at least 4 members (excludes halogenated alkanes) is 18. The maximum absolute atomic E-state index is 5.25. The summed E-state index contributed by atoms with van der Waals surface area (Å²) in [6.45, 7) is 7.55. The van der Waals surface area contributed by atoms with E-state index >= 15 is 0 Å². The van der Waals surface area contributed by atoms with Crippen molar-refractivity contribution in [3.8, 4) is 0 Å². The quantitative estimate of drug-likeness (QED) is 0.116. The second-order valence-corrected chi connectivity index (χ2v) is 8.57. The number of hydrogen-bond acceptors (Lipinski definition) is 0. The summed E-state index contributed by atoms with van der Waals surface area (Å²) >= 11 is 0. The van der Waals surface area contributed by atoms with Crippen molar-refractivity contribution in [2.75, 3.05) is 0 Å². The lowest BCUT2D eigenvalue weighted by Crippen LogP contribution is -1.84. The van der Waals surface area contributed by atoms with Gasteiger partial charge in [-0.1, -0.05) is 177 Å². The molecule has 0 saturated heterocycles. The van der Waals surface area contributed by atoms with Crippen molar-refractivity contribution in [2.24, 2.45) is 0 Å². The average molecular weight is 412 g/mol. The second kappa shape index (κ2) is 27.7. The van der Waals surface area contributed by atoms with Gasteiger partial charge in [0, 0.05) is 0 Å². The van der Waals surface area contributed by atoms with Crippen LogP contribution in [-0.4, -0.2) is 0 Å². The SMILES string of the molecule is [CH]=CC=CC=CC=CC=CCCCCCCCCCCCCCCCCCCCC. The van der Waals surface area contributed by atoms with E-state index in [4.69, 9.17) is 6.58 Å². The minimum absolute atomic E-state index is 1.20. The Labute approximate surface area is 190 Å². The van der Waals surface area contributed by atoms with Gasteiger partial charge in [-0.2, -0.15) is 0 Å². The van der Waals surface area contributed by atoms with Gasteiger partial charge >= 0.3 is 0 Å². The molecule has 0 heteroatoms. The van der Waals surface area contributed by atoms with Gasteiger partial charge in [-0.25, -0.2) is 0 Å². The molecule has 0 spiro atoms. The predicted molar refractivity (Wildman–Crippen MR) is 139 cm³/mol. The van der Waals surface area contributed by atoms with E-state index in [9.17, 15) is 0 Å². The molecular formula is C30H51. The molecule has 0 bridgehead atoms. The summed E-state index contributed by atoms with van der Waals surface area (Å²) < 4.78 is 0. The smallest absolute Gasteiger partial charge is 0.0348 e. The summed E-state index contributed by atoms with van der Waals surface area (Å²) in [5.74, 6) is 0. The van der Waals surface area contributed by atoms with Gasteiger partial charge in [0.2, 0.25) is 0 Å². The number of rotatable bonds is 23. The molecule has 0 fully saturated rings. The minimum atomic E-state index is 1.20. The highest BCUT2D eigenvalue weighted by atomic mass is 14.0. The normalized spacial score (nSPS) is 12.3. The fourth-order valence-corrected chi connectivity index (χ4v) is 3.72. The Balaban J connectivity index is 3.16. The van der Waals surface area contributed by atoms with Crippen LogP contribution < -0.4 is 0 Å². The third-order valence-corrected chi connectivity index (χ3v) is 5.64. The van der Waals surface area contributed by atoms with Gasteiger partial charge in [0.15, 0.2) is 0 Å². The predicted octanol–water partition coefficient (Wildman–Crippen LogP) is 10.6. The topological polar surface area (TPSA) is 0 Å². The Hall–Kier alpha value is -1.30. The molecule has 0 nitrogen and oxygen atoms in total.